The maximum absolute atomic E-state index is 11.9. The third-order valence-electron chi connectivity index (χ3n) is 4.28. The average Bonchev–Trinajstić information content (AvgIpc) is 2.97. The molecule has 1 aromatic carbocycles. The molecule has 1 fully saturated rings. The lowest BCUT2D eigenvalue weighted by Gasteiger charge is -2.24. The van der Waals surface area contributed by atoms with Gasteiger partial charge in [-0.05, 0) is 24.8 Å². The average molecular weight is 275 g/mol. The molecular weight excluding hydrogens is 250 g/mol. The summed E-state index contributed by atoms with van der Waals surface area (Å²) in [6.07, 6.45) is 6.74. The second-order valence-corrected chi connectivity index (χ2v) is 6.11. The van der Waals surface area contributed by atoms with E-state index in [0.29, 0.717) is 6.42 Å². The Labute approximate surface area is 121 Å². The van der Waals surface area contributed by atoms with Crippen molar-refractivity contribution in [2.24, 2.45) is 5.92 Å². The van der Waals surface area contributed by atoms with Gasteiger partial charge in [-0.1, -0.05) is 56.0 Å². The summed E-state index contributed by atoms with van der Waals surface area (Å²) >= 11 is 0. The van der Waals surface area contributed by atoms with Crippen LogP contribution < -0.4 is 5.32 Å². The van der Waals surface area contributed by atoms with E-state index in [1.807, 2.05) is 30.3 Å². The fraction of sp³-hybridized carbons (Fsp3) is 0.588. The van der Waals surface area contributed by atoms with Crippen LogP contribution in [0.4, 0.5) is 0 Å². The predicted molar refractivity (Wildman–Crippen MR) is 80.2 cm³/mol. The van der Waals surface area contributed by atoms with Crippen LogP contribution in [0.3, 0.4) is 0 Å². The number of amides is 1. The summed E-state index contributed by atoms with van der Waals surface area (Å²) in [7, 11) is 0. The molecule has 0 heterocycles. The van der Waals surface area contributed by atoms with Crippen LogP contribution in [0.2, 0.25) is 0 Å². The Kier molecular flexibility index (Phi) is 5.18. The predicted octanol–water partition coefficient (Wildman–Crippen LogP) is 2.98. The Morgan fingerprint density at radius 2 is 1.95 bits per heavy atom. The summed E-state index contributed by atoms with van der Waals surface area (Å²) in [5.74, 6) is 0.781. The van der Waals surface area contributed by atoms with E-state index in [1.165, 1.54) is 25.7 Å². The Hall–Kier alpha value is -1.35. The molecule has 1 amide bonds. The molecule has 3 nitrogen and oxygen atoms in total. The van der Waals surface area contributed by atoms with E-state index >= 15 is 0 Å². The normalized spacial score (nSPS) is 18.7. The van der Waals surface area contributed by atoms with E-state index in [2.05, 4.69) is 5.32 Å². The van der Waals surface area contributed by atoms with Gasteiger partial charge in [0.2, 0.25) is 5.91 Å². The molecule has 1 aliphatic carbocycles. The molecule has 2 N–H and O–H groups in total. The van der Waals surface area contributed by atoms with Crippen molar-refractivity contribution >= 4 is 5.91 Å². The van der Waals surface area contributed by atoms with Crippen molar-refractivity contribution in [2.75, 3.05) is 6.54 Å². The monoisotopic (exact) mass is 275 g/mol. The van der Waals surface area contributed by atoms with Crippen LogP contribution in [0.25, 0.3) is 0 Å². The number of aliphatic hydroxyl groups is 1. The summed E-state index contributed by atoms with van der Waals surface area (Å²) in [6, 6.07) is 9.46. The minimum atomic E-state index is -1.01. The zero-order valence-electron chi connectivity index (χ0n) is 12.3. The highest BCUT2D eigenvalue weighted by Crippen LogP contribution is 2.28. The first kappa shape index (κ1) is 15.0. The molecule has 0 bridgehead atoms. The van der Waals surface area contributed by atoms with Gasteiger partial charge in [-0.2, -0.15) is 0 Å². The fourth-order valence-corrected chi connectivity index (χ4v) is 2.89. The Balaban J connectivity index is 1.74. The van der Waals surface area contributed by atoms with Gasteiger partial charge in [0.05, 0.1) is 6.54 Å². The van der Waals surface area contributed by atoms with Gasteiger partial charge in [-0.25, -0.2) is 0 Å². The van der Waals surface area contributed by atoms with Gasteiger partial charge < -0.3 is 10.4 Å². The maximum Gasteiger partial charge on any atom is 0.220 e. The van der Waals surface area contributed by atoms with Crippen LogP contribution in [0, 0.1) is 5.92 Å². The zero-order valence-corrected chi connectivity index (χ0v) is 12.3. The highest BCUT2D eigenvalue weighted by molar-refractivity contribution is 5.75. The highest BCUT2D eigenvalue weighted by Gasteiger charge is 2.23. The lowest BCUT2D eigenvalue weighted by atomic mass is 9.96. The molecule has 20 heavy (non-hydrogen) atoms. The third-order valence-corrected chi connectivity index (χ3v) is 4.28. The largest absolute Gasteiger partial charge is 0.384 e. The van der Waals surface area contributed by atoms with E-state index in [1.54, 1.807) is 6.92 Å². The summed E-state index contributed by atoms with van der Waals surface area (Å²) in [5, 5.41) is 13.3. The van der Waals surface area contributed by atoms with Crippen molar-refractivity contribution in [1.29, 1.82) is 0 Å². The molecule has 1 aromatic rings. The summed E-state index contributed by atoms with van der Waals surface area (Å²) in [6.45, 7) is 2.00. The molecule has 1 saturated carbocycles. The van der Waals surface area contributed by atoms with Crippen molar-refractivity contribution in [2.45, 2.75) is 51.0 Å². The number of hydrogen-bond donors (Lipinski definition) is 2. The van der Waals surface area contributed by atoms with Crippen LogP contribution in [-0.4, -0.2) is 17.6 Å². The van der Waals surface area contributed by atoms with Crippen LogP contribution in [-0.2, 0) is 10.4 Å². The van der Waals surface area contributed by atoms with Gasteiger partial charge in [0, 0.05) is 6.42 Å². The number of carbonyl (C=O) groups excluding carboxylic acids is 1. The Morgan fingerprint density at radius 1 is 1.30 bits per heavy atom. The summed E-state index contributed by atoms with van der Waals surface area (Å²) < 4.78 is 0. The molecule has 0 aromatic heterocycles. The second-order valence-electron chi connectivity index (χ2n) is 6.11. The number of hydrogen-bond acceptors (Lipinski definition) is 2. The summed E-state index contributed by atoms with van der Waals surface area (Å²) in [4.78, 5) is 11.9. The maximum atomic E-state index is 11.9. The lowest BCUT2D eigenvalue weighted by molar-refractivity contribution is -0.122. The number of nitrogens with one attached hydrogen (secondary N) is 1. The van der Waals surface area contributed by atoms with Crippen LogP contribution in [0.1, 0.15) is 51.0 Å². The van der Waals surface area contributed by atoms with Crippen molar-refractivity contribution in [3.63, 3.8) is 0 Å². The SMILES string of the molecule is CC(O)(CNC(=O)CCC1CCCC1)c1ccccc1. The van der Waals surface area contributed by atoms with Crippen LogP contribution in [0.5, 0.6) is 0 Å². The van der Waals surface area contributed by atoms with Crippen molar-refractivity contribution in [3.05, 3.63) is 35.9 Å². The Bertz CT molecular complexity index is 422. The third kappa shape index (κ3) is 4.34. The molecule has 0 spiro atoms. The molecular formula is C17H25NO2. The molecule has 110 valence electrons. The number of benzene rings is 1. The molecule has 0 saturated heterocycles. The fourth-order valence-electron chi connectivity index (χ4n) is 2.89. The molecule has 1 unspecified atom stereocenters. The van der Waals surface area contributed by atoms with E-state index in [4.69, 9.17) is 0 Å². The smallest absolute Gasteiger partial charge is 0.220 e. The molecule has 1 aliphatic rings. The summed E-state index contributed by atoms with van der Waals surface area (Å²) in [5.41, 5.74) is -0.180. The molecule has 3 heteroatoms. The van der Waals surface area contributed by atoms with E-state index in [-0.39, 0.29) is 12.5 Å². The van der Waals surface area contributed by atoms with Crippen LogP contribution in [0.15, 0.2) is 30.3 Å². The minimum Gasteiger partial charge on any atom is -0.384 e. The quantitative estimate of drug-likeness (QED) is 0.838. The van der Waals surface area contributed by atoms with Crippen LogP contribution >= 0.6 is 0 Å². The van der Waals surface area contributed by atoms with Gasteiger partial charge in [-0.15, -0.1) is 0 Å². The number of carbonyl (C=O) groups is 1. The first-order chi connectivity index (χ1) is 9.58. The van der Waals surface area contributed by atoms with E-state index in [9.17, 15) is 9.90 Å². The lowest BCUT2D eigenvalue weighted by Crippen LogP contribution is -2.38. The standard InChI is InChI=1S/C17H25NO2/c1-17(20,15-9-3-2-4-10-15)13-18-16(19)12-11-14-7-5-6-8-14/h2-4,9-10,14,20H,5-8,11-13H2,1H3,(H,18,19). The molecule has 1 atom stereocenters. The van der Waals surface area contributed by atoms with Crippen molar-refractivity contribution < 1.29 is 9.90 Å². The van der Waals surface area contributed by atoms with Gasteiger partial charge in [0.15, 0.2) is 0 Å². The highest BCUT2D eigenvalue weighted by atomic mass is 16.3. The van der Waals surface area contributed by atoms with Gasteiger partial charge in [-0.3, -0.25) is 4.79 Å². The molecule has 0 radical (unpaired) electrons. The zero-order chi connectivity index (χ0) is 14.4. The topological polar surface area (TPSA) is 49.3 Å². The van der Waals surface area contributed by atoms with Gasteiger partial charge in [0.1, 0.15) is 5.60 Å². The van der Waals surface area contributed by atoms with Crippen molar-refractivity contribution in [1.82, 2.24) is 5.32 Å². The molecule has 2 rings (SSSR count). The van der Waals surface area contributed by atoms with Gasteiger partial charge in [0.25, 0.3) is 0 Å². The van der Waals surface area contributed by atoms with E-state index < -0.39 is 5.60 Å². The van der Waals surface area contributed by atoms with Gasteiger partial charge >= 0.3 is 0 Å². The van der Waals surface area contributed by atoms with E-state index in [0.717, 1.165) is 17.9 Å². The first-order valence-corrected chi connectivity index (χ1v) is 7.62. The number of rotatable bonds is 6. The second kappa shape index (κ2) is 6.89. The van der Waals surface area contributed by atoms with Crippen molar-refractivity contribution in [3.8, 4) is 0 Å². The minimum absolute atomic E-state index is 0.0492. The molecule has 0 aliphatic heterocycles. The Morgan fingerprint density at radius 3 is 2.60 bits per heavy atom. The first-order valence-electron chi connectivity index (χ1n) is 7.62.